The molecule has 2 amide bonds. The molecule has 0 saturated heterocycles. The van der Waals surface area contributed by atoms with Crippen LogP contribution in [0.15, 0.2) is 53.4 Å². The van der Waals surface area contributed by atoms with Crippen molar-refractivity contribution in [2.45, 2.75) is 18.2 Å². The maximum Gasteiger partial charge on any atom is 0.261 e. The molecule has 0 saturated carbocycles. The molecule has 2 aromatic carbocycles. The Bertz CT molecular complexity index is 946. The van der Waals surface area contributed by atoms with Gasteiger partial charge in [0.05, 0.1) is 11.4 Å². The van der Waals surface area contributed by atoms with Crippen LogP contribution in [0.25, 0.3) is 0 Å². The van der Waals surface area contributed by atoms with E-state index in [1.54, 1.807) is 0 Å². The first-order valence-corrected chi connectivity index (χ1v) is 10.1. The number of nitrogens with one attached hydrogen (secondary N) is 2. The van der Waals surface area contributed by atoms with Crippen molar-refractivity contribution in [1.82, 2.24) is 10.2 Å². The first kappa shape index (κ1) is 21.4. The summed E-state index contributed by atoms with van der Waals surface area (Å²) in [5, 5.41) is 2.67. The Hall–Kier alpha value is -2.94. The zero-order valence-electron chi connectivity index (χ0n) is 15.6. The summed E-state index contributed by atoms with van der Waals surface area (Å²) >= 11 is 0. The van der Waals surface area contributed by atoms with Crippen molar-refractivity contribution in [3.05, 3.63) is 59.9 Å². The molecule has 0 atom stereocenters. The minimum atomic E-state index is -3.97. The van der Waals surface area contributed by atoms with E-state index in [0.717, 1.165) is 18.6 Å². The van der Waals surface area contributed by atoms with Crippen LogP contribution in [0.1, 0.15) is 23.7 Å². The number of amides is 2. The third-order valence-corrected chi connectivity index (χ3v) is 5.17. The summed E-state index contributed by atoms with van der Waals surface area (Å²) in [4.78, 5) is 25.4. The van der Waals surface area contributed by atoms with E-state index >= 15 is 0 Å². The average molecular weight is 407 g/mol. The molecule has 28 heavy (non-hydrogen) atoms. The Kier molecular flexibility index (Phi) is 7.11. The first-order chi connectivity index (χ1) is 13.2. The number of hydrogen-bond acceptors (Lipinski definition) is 4. The monoisotopic (exact) mass is 407 g/mol. The zero-order chi connectivity index (χ0) is 20.7. The molecule has 150 valence electrons. The Morgan fingerprint density at radius 2 is 1.79 bits per heavy atom. The van der Waals surface area contributed by atoms with E-state index in [4.69, 9.17) is 0 Å². The number of carbonyl (C=O) groups excluding carboxylic acids is 2. The SMILES string of the molecule is CCCNC(=O)CN(C)C(=O)c1cccc(S(=O)(=O)Nc2ccc(F)cc2)c1. The fraction of sp³-hybridized carbons (Fsp3) is 0.263. The Morgan fingerprint density at radius 3 is 2.43 bits per heavy atom. The van der Waals surface area contributed by atoms with E-state index in [-0.39, 0.29) is 28.6 Å². The van der Waals surface area contributed by atoms with Crippen molar-refractivity contribution in [1.29, 1.82) is 0 Å². The van der Waals surface area contributed by atoms with Crippen molar-refractivity contribution in [3.63, 3.8) is 0 Å². The van der Waals surface area contributed by atoms with Crippen molar-refractivity contribution < 1.29 is 22.4 Å². The molecular formula is C19H22FN3O4S. The highest BCUT2D eigenvalue weighted by Gasteiger charge is 2.19. The maximum atomic E-state index is 13.0. The summed E-state index contributed by atoms with van der Waals surface area (Å²) in [6.07, 6.45) is 0.782. The summed E-state index contributed by atoms with van der Waals surface area (Å²) < 4.78 is 40.4. The predicted octanol–water partition coefficient (Wildman–Crippen LogP) is 2.22. The molecule has 0 fully saturated rings. The Morgan fingerprint density at radius 1 is 1.11 bits per heavy atom. The number of carbonyl (C=O) groups is 2. The van der Waals surface area contributed by atoms with Crippen LogP contribution in [0.3, 0.4) is 0 Å². The third-order valence-electron chi connectivity index (χ3n) is 3.79. The highest BCUT2D eigenvalue weighted by atomic mass is 32.2. The number of nitrogens with zero attached hydrogens (tertiary/aromatic N) is 1. The topological polar surface area (TPSA) is 95.6 Å². The van der Waals surface area contributed by atoms with E-state index in [2.05, 4.69) is 10.0 Å². The minimum absolute atomic E-state index is 0.119. The van der Waals surface area contributed by atoms with E-state index in [1.165, 1.54) is 48.3 Å². The van der Waals surface area contributed by atoms with Gasteiger partial charge in [-0.3, -0.25) is 14.3 Å². The van der Waals surface area contributed by atoms with Gasteiger partial charge in [0.15, 0.2) is 0 Å². The van der Waals surface area contributed by atoms with Crippen LogP contribution in [0.4, 0.5) is 10.1 Å². The lowest BCUT2D eigenvalue weighted by atomic mass is 10.2. The zero-order valence-corrected chi connectivity index (χ0v) is 16.4. The predicted molar refractivity (Wildman–Crippen MR) is 104 cm³/mol. The van der Waals surface area contributed by atoms with Crippen molar-refractivity contribution >= 4 is 27.5 Å². The van der Waals surface area contributed by atoms with Gasteiger partial charge >= 0.3 is 0 Å². The minimum Gasteiger partial charge on any atom is -0.355 e. The average Bonchev–Trinajstić information content (AvgIpc) is 2.67. The molecule has 2 rings (SSSR count). The molecule has 0 aliphatic rings. The van der Waals surface area contributed by atoms with Gasteiger partial charge < -0.3 is 10.2 Å². The van der Waals surface area contributed by atoms with Crippen molar-refractivity contribution in [2.24, 2.45) is 0 Å². The van der Waals surface area contributed by atoms with Crippen LogP contribution in [0.5, 0.6) is 0 Å². The van der Waals surface area contributed by atoms with E-state index in [1.807, 2.05) is 6.92 Å². The molecule has 2 N–H and O–H groups in total. The van der Waals surface area contributed by atoms with Crippen LogP contribution in [0.2, 0.25) is 0 Å². The van der Waals surface area contributed by atoms with Crippen LogP contribution < -0.4 is 10.0 Å². The Balaban J connectivity index is 2.14. The molecule has 9 heteroatoms. The molecule has 0 unspecified atom stereocenters. The molecule has 0 radical (unpaired) electrons. The summed E-state index contributed by atoms with van der Waals surface area (Å²) in [7, 11) is -2.50. The lowest BCUT2D eigenvalue weighted by Gasteiger charge is -2.17. The first-order valence-electron chi connectivity index (χ1n) is 8.63. The molecule has 0 heterocycles. The molecular weight excluding hydrogens is 385 g/mol. The van der Waals surface area contributed by atoms with Crippen molar-refractivity contribution in [2.75, 3.05) is 24.9 Å². The molecule has 0 bridgehead atoms. The number of anilines is 1. The smallest absolute Gasteiger partial charge is 0.261 e. The van der Waals surface area contributed by atoms with Gasteiger partial charge in [-0.05, 0) is 48.9 Å². The summed E-state index contributed by atoms with van der Waals surface area (Å²) in [5.74, 6) is -1.26. The molecule has 0 aliphatic carbocycles. The highest BCUT2D eigenvalue weighted by molar-refractivity contribution is 7.92. The normalized spacial score (nSPS) is 11.0. The number of likely N-dealkylation sites (N-methyl/N-ethyl adjacent to an activating group) is 1. The summed E-state index contributed by atoms with van der Waals surface area (Å²) in [6.45, 7) is 2.30. The second-order valence-corrected chi connectivity index (χ2v) is 7.83. The maximum absolute atomic E-state index is 13.0. The number of halogens is 1. The van der Waals surface area contributed by atoms with Gasteiger partial charge in [0.2, 0.25) is 5.91 Å². The summed E-state index contributed by atoms with van der Waals surface area (Å²) in [5.41, 5.74) is 0.329. The van der Waals surface area contributed by atoms with Crippen LogP contribution in [0, 0.1) is 5.82 Å². The number of hydrogen-bond donors (Lipinski definition) is 2. The molecule has 0 aliphatic heterocycles. The second-order valence-electron chi connectivity index (χ2n) is 6.15. The van der Waals surface area contributed by atoms with Gasteiger partial charge in [0.25, 0.3) is 15.9 Å². The third kappa shape index (κ3) is 5.78. The van der Waals surface area contributed by atoms with Gasteiger partial charge in [0.1, 0.15) is 5.82 Å². The van der Waals surface area contributed by atoms with Gasteiger partial charge in [-0.1, -0.05) is 13.0 Å². The largest absolute Gasteiger partial charge is 0.355 e. The lowest BCUT2D eigenvalue weighted by molar-refractivity contribution is -0.121. The van der Waals surface area contributed by atoms with E-state index < -0.39 is 21.7 Å². The molecule has 0 spiro atoms. The van der Waals surface area contributed by atoms with Crippen molar-refractivity contribution in [3.8, 4) is 0 Å². The number of benzene rings is 2. The van der Waals surface area contributed by atoms with Crippen LogP contribution >= 0.6 is 0 Å². The number of sulfonamides is 1. The molecule has 2 aromatic rings. The standard InChI is InChI=1S/C19H22FN3O4S/c1-3-11-21-18(24)13-23(2)19(25)14-5-4-6-17(12-14)28(26,27)22-16-9-7-15(20)8-10-16/h4-10,12,22H,3,11,13H2,1-2H3,(H,21,24). The highest BCUT2D eigenvalue weighted by Crippen LogP contribution is 2.18. The van der Waals surface area contributed by atoms with E-state index in [0.29, 0.717) is 6.54 Å². The quantitative estimate of drug-likeness (QED) is 0.701. The van der Waals surface area contributed by atoms with Gasteiger partial charge in [0, 0.05) is 24.8 Å². The van der Waals surface area contributed by atoms with Gasteiger partial charge in [-0.2, -0.15) is 0 Å². The fourth-order valence-electron chi connectivity index (χ4n) is 2.36. The van der Waals surface area contributed by atoms with Crippen LogP contribution in [-0.2, 0) is 14.8 Å². The molecule has 0 aromatic heterocycles. The number of rotatable bonds is 8. The van der Waals surface area contributed by atoms with Gasteiger partial charge in [-0.15, -0.1) is 0 Å². The second kappa shape index (κ2) is 9.32. The fourth-order valence-corrected chi connectivity index (χ4v) is 3.46. The van der Waals surface area contributed by atoms with Gasteiger partial charge in [-0.25, -0.2) is 12.8 Å². The molecule has 7 nitrogen and oxygen atoms in total. The van der Waals surface area contributed by atoms with Crippen LogP contribution in [-0.4, -0.2) is 45.3 Å². The lowest BCUT2D eigenvalue weighted by Crippen LogP contribution is -2.38. The Labute approximate surface area is 163 Å². The van der Waals surface area contributed by atoms with E-state index in [9.17, 15) is 22.4 Å². The summed E-state index contributed by atoms with van der Waals surface area (Å²) in [6, 6.07) is 10.4.